The van der Waals surface area contributed by atoms with Crippen LogP contribution in [-0.2, 0) is 27.1 Å². The Hall–Kier alpha value is -3.16. The Kier molecular flexibility index (Phi) is 7.09. The van der Waals surface area contributed by atoms with Crippen molar-refractivity contribution in [3.8, 4) is 5.69 Å². The van der Waals surface area contributed by atoms with Gasteiger partial charge in [-0.15, -0.1) is 0 Å². The molecule has 0 bridgehead atoms. The van der Waals surface area contributed by atoms with E-state index in [0.29, 0.717) is 12.1 Å². The monoisotopic (exact) mass is 437 g/mol. The van der Waals surface area contributed by atoms with Gasteiger partial charge in [0.25, 0.3) is 0 Å². The number of para-hydroxylation sites is 1. The van der Waals surface area contributed by atoms with E-state index in [1.54, 1.807) is 12.1 Å². The second kappa shape index (κ2) is 9.76. The van der Waals surface area contributed by atoms with Gasteiger partial charge in [0.15, 0.2) is 0 Å². The summed E-state index contributed by atoms with van der Waals surface area (Å²) in [6, 6.07) is 19.3. The molecule has 3 aromatic rings. The fourth-order valence-corrected chi connectivity index (χ4v) is 4.16. The smallest absolute Gasteiger partial charge is 0.244 e. The van der Waals surface area contributed by atoms with Crippen LogP contribution in [0, 0.1) is 13.8 Å². The predicted molar refractivity (Wildman–Crippen MR) is 124 cm³/mol. The highest BCUT2D eigenvalue weighted by atomic mass is 32.2. The number of hydrogen-bond donors (Lipinski definition) is 2. The van der Waals surface area contributed by atoms with Crippen molar-refractivity contribution < 1.29 is 13.2 Å². The van der Waals surface area contributed by atoms with E-state index in [4.69, 9.17) is 0 Å². The summed E-state index contributed by atoms with van der Waals surface area (Å²) in [5.41, 5.74) is 5.84. The number of sulfonamides is 1. The number of carbonyl (C=O) groups excluding carboxylic acids is 1. The largest absolute Gasteiger partial charge is 0.348 e. The van der Waals surface area contributed by atoms with Gasteiger partial charge in [-0.25, -0.2) is 13.1 Å². The maximum Gasteiger partial charge on any atom is 0.244 e. The highest BCUT2D eigenvalue weighted by Crippen LogP contribution is 2.21. The summed E-state index contributed by atoms with van der Waals surface area (Å²) in [4.78, 5) is 12.3. The molecule has 1 amide bonds. The maximum absolute atomic E-state index is 12.3. The lowest BCUT2D eigenvalue weighted by atomic mass is 10.1. The van der Waals surface area contributed by atoms with Crippen molar-refractivity contribution in [2.24, 2.45) is 0 Å². The number of benzene rings is 2. The van der Waals surface area contributed by atoms with E-state index in [0.717, 1.165) is 28.2 Å². The summed E-state index contributed by atoms with van der Waals surface area (Å²) in [6.45, 7) is 4.45. The SMILES string of the molecule is CNS(=O)(=O)Cc1ccc(CNC(=O)/C=C/c2cc(C)n(-c3ccccc3)c2C)cc1. The highest BCUT2D eigenvalue weighted by Gasteiger charge is 2.10. The van der Waals surface area contributed by atoms with Crippen LogP contribution in [0.3, 0.4) is 0 Å². The van der Waals surface area contributed by atoms with Gasteiger partial charge in [0, 0.05) is 29.7 Å². The van der Waals surface area contributed by atoms with Gasteiger partial charge in [-0.1, -0.05) is 42.5 Å². The van der Waals surface area contributed by atoms with Gasteiger partial charge in [-0.05, 0) is 61.9 Å². The molecule has 0 aliphatic carbocycles. The average molecular weight is 438 g/mol. The van der Waals surface area contributed by atoms with E-state index in [-0.39, 0.29) is 11.7 Å². The number of aromatic nitrogens is 1. The summed E-state index contributed by atoms with van der Waals surface area (Å²) in [5.74, 6) is -0.258. The van der Waals surface area contributed by atoms with Crippen molar-refractivity contribution in [3.05, 3.63) is 94.8 Å². The quantitative estimate of drug-likeness (QED) is 0.530. The zero-order valence-corrected chi connectivity index (χ0v) is 18.7. The number of nitrogens with one attached hydrogen (secondary N) is 2. The lowest BCUT2D eigenvalue weighted by Crippen LogP contribution is -2.21. The summed E-state index contributed by atoms with van der Waals surface area (Å²) < 4.78 is 27.7. The van der Waals surface area contributed by atoms with Crippen LogP contribution in [0.1, 0.15) is 28.1 Å². The molecule has 0 unspecified atom stereocenters. The molecule has 0 saturated carbocycles. The first-order chi connectivity index (χ1) is 14.8. The molecular formula is C24H27N3O3S. The molecule has 0 radical (unpaired) electrons. The van der Waals surface area contributed by atoms with Gasteiger partial charge in [0.2, 0.25) is 15.9 Å². The summed E-state index contributed by atoms with van der Waals surface area (Å²) >= 11 is 0. The number of amides is 1. The van der Waals surface area contributed by atoms with Crippen LogP contribution in [0.2, 0.25) is 0 Å². The van der Waals surface area contributed by atoms with E-state index < -0.39 is 10.0 Å². The predicted octanol–water partition coefficient (Wildman–Crippen LogP) is 3.47. The Labute approximate surface area is 183 Å². The minimum atomic E-state index is -3.30. The van der Waals surface area contributed by atoms with E-state index in [2.05, 4.69) is 32.8 Å². The average Bonchev–Trinajstić information content (AvgIpc) is 3.05. The first kappa shape index (κ1) is 22.5. The van der Waals surface area contributed by atoms with Gasteiger partial charge >= 0.3 is 0 Å². The van der Waals surface area contributed by atoms with E-state index in [1.807, 2.05) is 50.3 Å². The van der Waals surface area contributed by atoms with Crippen LogP contribution in [0.15, 0.2) is 66.7 Å². The fraction of sp³-hybridized carbons (Fsp3) is 0.208. The molecule has 1 aromatic heterocycles. The van der Waals surface area contributed by atoms with Gasteiger partial charge in [-0.2, -0.15) is 0 Å². The van der Waals surface area contributed by atoms with Crippen LogP contribution in [0.5, 0.6) is 0 Å². The second-order valence-corrected chi connectivity index (χ2v) is 9.25. The molecule has 0 atom stereocenters. The van der Waals surface area contributed by atoms with E-state index in [9.17, 15) is 13.2 Å². The van der Waals surface area contributed by atoms with Crippen molar-refractivity contribution in [2.75, 3.05) is 7.05 Å². The molecule has 0 saturated heterocycles. The molecule has 0 aliphatic heterocycles. The molecule has 2 aromatic carbocycles. The second-order valence-electron chi connectivity index (χ2n) is 7.33. The van der Waals surface area contributed by atoms with Crippen molar-refractivity contribution in [1.82, 2.24) is 14.6 Å². The molecule has 1 heterocycles. The summed E-state index contributed by atoms with van der Waals surface area (Å²) in [7, 11) is -1.90. The van der Waals surface area contributed by atoms with E-state index >= 15 is 0 Å². The topological polar surface area (TPSA) is 80.2 Å². The Morgan fingerprint density at radius 1 is 1.00 bits per heavy atom. The van der Waals surface area contributed by atoms with E-state index in [1.165, 1.54) is 13.1 Å². The number of aryl methyl sites for hydroxylation is 1. The third kappa shape index (κ3) is 5.93. The maximum atomic E-state index is 12.3. The van der Waals surface area contributed by atoms with Crippen LogP contribution in [0.25, 0.3) is 11.8 Å². The first-order valence-corrected chi connectivity index (χ1v) is 11.6. The molecule has 31 heavy (non-hydrogen) atoms. The lowest BCUT2D eigenvalue weighted by Gasteiger charge is -2.09. The molecule has 3 rings (SSSR count). The molecule has 7 heteroatoms. The van der Waals surface area contributed by atoms with Crippen molar-refractivity contribution in [1.29, 1.82) is 0 Å². The summed E-state index contributed by atoms with van der Waals surface area (Å²) in [6.07, 6.45) is 3.35. The minimum Gasteiger partial charge on any atom is -0.348 e. The van der Waals surface area contributed by atoms with Crippen LogP contribution in [0.4, 0.5) is 0 Å². The Bertz CT molecular complexity index is 1180. The van der Waals surface area contributed by atoms with Gasteiger partial charge in [0.05, 0.1) is 5.75 Å². The fourth-order valence-electron chi connectivity index (χ4n) is 3.39. The van der Waals surface area contributed by atoms with Crippen molar-refractivity contribution in [3.63, 3.8) is 0 Å². The molecular weight excluding hydrogens is 410 g/mol. The van der Waals surface area contributed by atoms with Crippen molar-refractivity contribution in [2.45, 2.75) is 26.1 Å². The Morgan fingerprint density at radius 3 is 2.29 bits per heavy atom. The Morgan fingerprint density at radius 2 is 1.65 bits per heavy atom. The zero-order valence-electron chi connectivity index (χ0n) is 17.9. The molecule has 2 N–H and O–H groups in total. The molecule has 0 aliphatic rings. The normalized spacial score (nSPS) is 11.7. The Balaban J connectivity index is 1.60. The number of nitrogens with zero attached hydrogens (tertiary/aromatic N) is 1. The molecule has 0 spiro atoms. The standard InChI is InChI=1S/C24H27N3O3S/c1-18-15-22(19(2)27(18)23-7-5-4-6-8-23)13-14-24(28)26-16-20-9-11-21(12-10-20)17-31(29,30)25-3/h4-15,25H,16-17H2,1-3H3,(H,26,28)/b14-13+. The van der Waals surface area contributed by atoms with Gasteiger partial charge in [0.1, 0.15) is 0 Å². The lowest BCUT2D eigenvalue weighted by molar-refractivity contribution is -0.116. The molecule has 0 fully saturated rings. The van der Waals surface area contributed by atoms with Gasteiger partial charge < -0.3 is 9.88 Å². The highest BCUT2D eigenvalue weighted by molar-refractivity contribution is 7.88. The van der Waals surface area contributed by atoms with Crippen LogP contribution < -0.4 is 10.0 Å². The summed E-state index contributed by atoms with van der Waals surface area (Å²) in [5, 5.41) is 2.86. The zero-order chi connectivity index (χ0) is 22.4. The van der Waals surface area contributed by atoms with Crippen molar-refractivity contribution >= 4 is 22.0 Å². The van der Waals surface area contributed by atoms with Crippen LogP contribution in [-0.4, -0.2) is 25.9 Å². The molecule has 162 valence electrons. The first-order valence-electron chi connectivity index (χ1n) is 9.98. The third-order valence-corrected chi connectivity index (χ3v) is 6.39. The number of rotatable bonds is 8. The number of carbonyl (C=O) groups is 1. The minimum absolute atomic E-state index is 0.0692. The third-order valence-electron chi connectivity index (χ3n) is 5.06. The van der Waals surface area contributed by atoms with Gasteiger partial charge in [-0.3, -0.25) is 4.79 Å². The molecule has 6 nitrogen and oxygen atoms in total. The number of hydrogen-bond acceptors (Lipinski definition) is 3. The van der Waals surface area contributed by atoms with Crippen LogP contribution >= 0.6 is 0 Å².